The molecule has 0 radical (unpaired) electrons. The first-order chi connectivity index (χ1) is 13.8. The molecule has 1 atom stereocenters. The predicted octanol–water partition coefficient (Wildman–Crippen LogP) is 6.39. The molecule has 1 aromatic heterocycles. The third-order valence-electron chi connectivity index (χ3n) is 5.21. The molecule has 0 saturated carbocycles. The summed E-state index contributed by atoms with van der Waals surface area (Å²) in [7, 11) is 0. The highest BCUT2D eigenvalue weighted by Crippen LogP contribution is 2.44. The van der Waals surface area contributed by atoms with Gasteiger partial charge in [-0.1, -0.05) is 84.4 Å². The molecule has 0 aliphatic carbocycles. The van der Waals surface area contributed by atoms with Gasteiger partial charge in [-0.05, 0) is 23.3 Å². The van der Waals surface area contributed by atoms with Crippen LogP contribution in [0.15, 0.2) is 89.9 Å². The van der Waals surface area contributed by atoms with Crippen molar-refractivity contribution in [1.29, 1.82) is 0 Å². The summed E-state index contributed by atoms with van der Waals surface area (Å²) in [6.45, 7) is 0. The van der Waals surface area contributed by atoms with Crippen LogP contribution in [0.25, 0.3) is 11.3 Å². The van der Waals surface area contributed by atoms with Crippen LogP contribution in [0.1, 0.15) is 29.0 Å². The van der Waals surface area contributed by atoms with Crippen LogP contribution in [0.4, 0.5) is 5.82 Å². The zero-order valence-corrected chi connectivity index (χ0v) is 15.9. The Bertz CT molecular complexity index is 1130. The Labute approximate surface area is 168 Å². The van der Waals surface area contributed by atoms with Crippen LogP contribution in [0.2, 0.25) is 5.02 Å². The third-order valence-corrected chi connectivity index (χ3v) is 5.46. The quantitative estimate of drug-likeness (QED) is 0.437. The lowest BCUT2D eigenvalue weighted by Gasteiger charge is -2.24. The van der Waals surface area contributed by atoms with Crippen molar-refractivity contribution >= 4 is 23.1 Å². The van der Waals surface area contributed by atoms with Crippen LogP contribution >= 0.6 is 11.6 Å². The Morgan fingerprint density at radius 2 is 1.46 bits per heavy atom. The van der Waals surface area contributed by atoms with E-state index in [4.69, 9.17) is 16.6 Å². The van der Waals surface area contributed by atoms with E-state index in [1.165, 1.54) is 5.56 Å². The second kappa shape index (κ2) is 7.10. The standard InChI is InChI=1S/C24H18ClN3/c25-19-13-11-18(12-14-19)23-22-20(16-7-3-1-4-8-16)15-21(26-24(22)28-27-23)17-9-5-2-6-10-17/h1-14,20H,15H2,(H,27,28). The molecule has 0 saturated heterocycles. The molecule has 1 N–H and O–H groups in total. The first-order valence-electron chi connectivity index (χ1n) is 9.32. The molecule has 0 spiro atoms. The minimum absolute atomic E-state index is 0.188. The average molecular weight is 384 g/mol. The van der Waals surface area contributed by atoms with E-state index in [2.05, 4.69) is 64.8 Å². The van der Waals surface area contributed by atoms with E-state index < -0.39 is 0 Å². The maximum absolute atomic E-state index is 6.08. The van der Waals surface area contributed by atoms with E-state index in [1.807, 2.05) is 30.3 Å². The van der Waals surface area contributed by atoms with Gasteiger partial charge in [0.1, 0.15) is 0 Å². The minimum Gasteiger partial charge on any atom is -0.275 e. The van der Waals surface area contributed by atoms with Gasteiger partial charge in [0.2, 0.25) is 0 Å². The molecule has 4 aromatic rings. The molecule has 3 aromatic carbocycles. The molecule has 5 rings (SSSR count). The molecule has 4 heteroatoms. The second-order valence-corrected chi connectivity index (χ2v) is 7.37. The number of fused-ring (bicyclic) bond motifs is 1. The van der Waals surface area contributed by atoms with Gasteiger partial charge in [0, 0.05) is 28.5 Å². The van der Waals surface area contributed by atoms with E-state index >= 15 is 0 Å². The van der Waals surface area contributed by atoms with Crippen molar-refractivity contribution in [3.8, 4) is 11.3 Å². The number of hydrogen-bond donors (Lipinski definition) is 1. The fourth-order valence-corrected chi connectivity index (χ4v) is 3.97. The predicted molar refractivity (Wildman–Crippen MR) is 115 cm³/mol. The van der Waals surface area contributed by atoms with Gasteiger partial charge in [-0.25, -0.2) is 4.99 Å². The van der Waals surface area contributed by atoms with Crippen molar-refractivity contribution in [2.24, 2.45) is 4.99 Å². The van der Waals surface area contributed by atoms with Crippen LogP contribution in [-0.4, -0.2) is 15.9 Å². The number of nitrogens with zero attached hydrogens (tertiary/aromatic N) is 2. The van der Waals surface area contributed by atoms with Gasteiger partial charge in [0.15, 0.2) is 5.82 Å². The van der Waals surface area contributed by atoms with Crippen molar-refractivity contribution in [3.05, 3.63) is 107 Å². The smallest absolute Gasteiger partial charge is 0.178 e. The molecule has 1 unspecified atom stereocenters. The number of aliphatic imine (C=N–C) groups is 1. The zero-order chi connectivity index (χ0) is 18.9. The lowest BCUT2D eigenvalue weighted by molar-refractivity contribution is 0.842. The molecule has 28 heavy (non-hydrogen) atoms. The molecule has 0 bridgehead atoms. The number of H-pyrrole nitrogens is 1. The largest absolute Gasteiger partial charge is 0.275 e. The second-order valence-electron chi connectivity index (χ2n) is 6.93. The van der Waals surface area contributed by atoms with Gasteiger partial charge in [0.05, 0.1) is 11.4 Å². The summed E-state index contributed by atoms with van der Waals surface area (Å²) in [5.41, 5.74) is 6.70. The Kier molecular flexibility index (Phi) is 4.30. The maximum Gasteiger partial charge on any atom is 0.178 e. The van der Waals surface area contributed by atoms with Crippen molar-refractivity contribution in [2.75, 3.05) is 0 Å². The van der Waals surface area contributed by atoms with Crippen LogP contribution in [0.5, 0.6) is 0 Å². The first kappa shape index (κ1) is 17.0. The Hall–Kier alpha value is -3.17. The monoisotopic (exact) mass is 383 g/mol. The fraction of sp³-hybridized carbons (Fsp3) is 0.0833. The Balaban J connectivity index is 1.68. The van der Waals surface area contributed by atoms with Crippen LogP contribution in [0, 0.1) is 0 Å². The Morgan fingerprint density at radius 1 is 0.786 bits per heavy atom. The van der Waals surface area contributed by atoms with Crippen molar-refractivity contribution in [3.63, 3.8) is 0 Å². The summed E-state index contributed by atoms with van der Waals surface area (Å²) < 4.78 is 0. The number of rotatable bonds is 3. The number of halogens is 1. The molecule has 1 aliphatic heterocycles. The maximum atomic E-state index is 6.08. The van der Waals surface area contributed by atoms with Gasteiger partial charge in [-0.3, -0.25) is 5.10 Å². The molecule has 3 nitrogen and oxygen atoms in total. The Morgan fingerprint density at radius 3 is 2.18 bits per heavy atom. The first-order valence-corrected chi connectivity index (χ1v) is 9.69. The van der Waals surface area contributed by atoms with Gasteiger partial charge >= 0.3 is 0 Å². The highest BCUT2D eigenvalue weighted by molar-refractivity contribution is 6.30. The van der Waals surface area contributed by atoms with Crippen LogP contribution in [-0.2, 0) is 0 Å². The van der Waals surface area contributed by atoms with Crippen molar-refractivity contribution < 1.29 is 0 Å². The van der Waals surface area contributed by atoms with Crippen molar-refractivity contribution in [2.45, 2.75) is 12.3 Å². The summed E-state index contributed by atoms with van der Waals surface area (Å²) in [6, 6.07) is 28.8. The molecule has 1 aliphatic rings. The molecular formula is C24H18ClN3. The highest BCUT2D eigenvalue weighted by Gasteiger charge is 2.30. The van der Waals surface area contributed by atoms with E-state index in [-0.39, 0.29) is 5.92 Å². The van der Waals surface area contributed by atoms with Gasteiger partial charge in [-0.15, -0.1) is 0 Å². The molecule has 0 fully saturated rings. The average Bonchev–Trinajstić information content (AvgIpc) is 3.19. The third kappa shape index (κ3) is 3.04. The fourth-order valence-electron chi connectivity index (χ4n) is 3.84. The number of aromatic amines is 1. The van der Waals surface area contributed by atoms with E-state index in [0.717, 1.165) is 45.4 Å². The topological polar surface area (TPSA) is 41.0 Å². The summed E-state index contributed by atoms with van der Waals surface area (Å²) in [4.78, 5) is 4.90. The molecular weight excluding hydrogens is 366 g/mol. The van der Waals surface area contributed by atoms with Crippen LogP contribution < -0.4 is 0 Å². The SMILES string of the molecule is Clc1ccc(-c2[nH]nc3c2C(c2ccccc2)CC(c2ccccc2)=N3)cc1. The number of aromatic nitrogens is 2. The van der Waals surface area contributed by atoms with E-state index in [0.29, 0.717) is 0 Å². The number of nitrogens with one attached hydrogen (secondary N) is 1. The minimum atomic E-state index is 0.188. The summed E-state index contributed by atoms with van der Waals surface area (Å²) in [5.74, 6) is 0.956. The van der Waals surface area contributed by atoms with E-state index in [1.54, 1.807) is 0 Å². The molecule has 2 heterocycles. The highest BCUT2D eigenvalue weighted by atomic mass is 35.5. The van der Waals surface area contributed by atoms with Crippen molar-refractivity contribution in [1.82, 2.24) is 10.2 Å². The lowest BCUT2D eigenvalue weighted by Crippen LogP contribution is -2.14. The number of hydrogen-bond acceptors (Lipinski definition) is 2. The summed E-state index contributed by atoms with van der Waals surface area (Å²) in [5, 5.41) is 8.51. The van der Waals surface area contributed by atoms with Gasteiger partial charge in [-0.2, -0.15) is 5.10 Å². The van der Waals surface area contributed by atoms with Gasteiger partial charge in [0.25, 0.3) is 0 Å². The summed E-state index contributed by atoms with van der Waals surface area (Å²) in [6.07, 6.45) is 0.834. The normalized spacial score (nSPS) is 15.8. The molecule has 136 valence electrons. The van der Waals surface area contributed by atoms with Crippen LogP contribution in [0.3, 0.4) is 0 Å². The molecule has 0 amide bonds. The van der Waals surface area contributed by atoms with Gasteiger partial charge < -0.3 is 0 Å². The zero-order valence-electron chi connectivity index (χ0n) is 15.1. The number of benzene rings is 3. The summed E-state index contributed by atoms with van der Waals surface area (Å²) >= 11 is 6.08. The lowest BCUT2D eigenvalue weighted by atomic mass is 9.82. The van der Waals surface area contributed by atoms with E-state index in [9.17, 15) is 0 Å².